The minimum Gasteiger partial charge on any atom is -0.497 e. The van der Waals surface area contributed by atoms with Crippen molar-refractivity contribution in [1.82, 2.24) is 4.90 Å². The highest BCUT2D eigenvalue weighted by atomic mass is 32.2. The number of carbonyl (C=O) groups is 2. The van der Waals surface area contributed by atoms with Gasteiger partial charge in [-0.2, -0.15) is 0 Å². The van der Waals surface area contributed by atoms with E-state index in [2.05, 4.69) is 0 Å². The fourth-order valence-electron chi connectivity index (χ4n) is 3.34. The van der Waals surface area contributed by atoms with Crippen LogP contribution in [0.5, 0.6) is 5.75 Å². The van der Waals surface area contributed by atoms with Gasteiger partial charge in [0.2, 0.25) is 5.91 Å². The van der Waals surface area contributed by atoms with E-state index in [1.165, 1.54) is 18.9 Å². The first-order valence-electron chi connectivity index (χ1n) is 9.39. The molecule has 154 valence electrons. The van der Waals surface area contributed by atoms with E-state index >= 15 is 0 Å². The maximum Gasteiger partial charge on any atom is 0.319 e. The third-order valence-electron chi connectivity index (χ3n) is 4.92. The van der Waals surface area contributed by atoms with Gasteiger partial charge in [0.1, 0.15) is 5.75 Å². The topological polar surface area (TPSA) is 59.1 Å². The van der Waals surface area contributed by atoms with E-state index in [4.69, 9.17) is 9.47 Å². The second-order valence-corrected chi connectivity index (χ2v) is 8.26. The Morgan fingerprint density at radius 3 is 2.41 bits per heavy atom. The maximum absolute atomic E-state index is 13.6. The Balaban J connectivity index is 2.08. The zero-order valence-corrected chi connectivity index (χ0v) is 17.9. The molecule has 1 amide bonds. The summed E-state index contributed by atoms with van der Waals surface area (Å²) in [5.41, 5.74) is 1.71. The molecule has 0 aromatic heterocycles. The summed E-state index contributed by atoms with van der Waals surface area (Å²) >= 11 is 1.52. The van der Waals surface area contributed by atoms with Gasteiger partial charge >= 0.3 is 5.97 Å². The number of amides is 1. The van der Waals surface area contributed by atoms with Crippen molar-refractivity contribution in [1.29, 1.82) is 0 Å². The van der Waals surface area contributed by atoms with Crippen LogP contribution in [0.3, 0.4) is 0 Å². The van der Waals surface area contributed by atoms with Crippen LogP contribution in [0, 0.1) is 5.92 Å². The van der Waals surface area contributed by atoms with Crippen LogP contribution in [0.2, 0.25) is 0 Å². The number of hydrogen-bond acceptors (Lipinski definition) is 6. The van der Waals surface area contributed by atoms with Gasteiger partial charge in [0.15, 0.2) is 5.92 Å². The number of benzene rings is 2. The van der Waals surface area contributed by atoms with Gasteiger partial charge in [0.25, 0.3) is 0 Å². The number of methoxy groups -OCH3 is 2. The molecule has 0 saturated heterocycles. The molecule has 6 nitrogen and oxygen atoms in total. The van der Waals surface area contributed by atoms with Crippen molar-refractivity contribution in [3.63, 3.8) is 0 Å². The number of hydrogen-bond donors (Lipinski definition) is 0. The molecule has 2 aromatic carbocycles. The van der Waals surface area contributed by atoms with Crippen LogP contribution >= 0.6 is 11.8 Å². The lowest BCUT2D eigenvalue weighted by atomic mass is 9.96. The van der Waals surface area contributed by atoms with Crippen LogP contribution in [0.25, 0.3) is 0 Å². The smallest absolute Gasteiger partial charge is 0.319 e. The number of para-hydroxylation sites is 1. The Labute approximate surface area is 175 Å². The molecule has 0 unspecified atom stereocenters. The van der Waals surface area contributed by atoms with Crippen LogP contribution in [0.15, 0.2) is 53.4 Å². The summed E-state index contributed by atoms with van der Waals surface area (Å²) in [5, 5.41) is -0.397. The summed E-state index contributed by atoms with van der Waals surface area (Å²) < 4.78 is 10.3. The number of rotatable bonds is 6. The molecule has 2 atom stereocenters. The first-order chi connectivity index (χ1) is 14.0. The van der Waals surface area contributed by atoms with Crippen molar-refractivity contribution < 1.29 is 19.1 Å². The molecule has 0 saturated carbocycles. The number of anilines is 1. The number of ether oxygens (including phenoxy) is 2. The Hall–Kier alpha value is -2.51. The lowest BCUT2D eigenvalue weighted by Gasteiger charge is -2.27. The van der Waals surface area contributed by atoms with Crippen molar-refractivity contribution in [2.45, 2.75) is 10.1 Å². The predicted octanol–water partition coefficient (Wildman–Crippen LogP) is 3.23. The predicted molar refractivity (Wildman–Crippen MR) is 114 cm³/mol. The summed E-state index contributed by atoms with van der Waals surface area (Å²) in [5.74, 6) is -0.975. The Bertz CT molecular complexity index is 869. The molecular formula is C22H26N2O4S. The highest BCUT2D eigenvalue weighted by Crippen LogP contribution is 2.48. The van der Waals surface area contributed by atoms with E-state index in [9.17, 15) is 9.59 Å². The second-order valence-electron chi connectivity index (χ2n) is 7.07. The third-order valence-corrected chi connectivity index (χ3v) is 6.31. The number of esters is 1. The molecule has 0 fully saturated rings. The van der Waals surface area contributed by atoms with Gasteiger partial charge in [-0.15, -0.1) is 11.8 Å². The largest absolute Gasteiger partial charge is 0.497 e. The fraction of sp³-hybridized carbons (Fsp3) is 0.364. The fourth-order valence-corrected chi connectivity index (χ4v) is 4.72. The van der Waals surface area contributed by atoms with Gasteiger partial charge in [0, 0.05) is 18.0 Å². The summed E-state index contributed by atoms with van der Waals surface area (Å²) in [7, 11) is 6.85. The van der Waals surface area contributed by atoms with Crippen LogP contribution in [0.1, 0.15) is 10.8 Å². The quantitative estimate of drug-likeness (QED) is 0.534. The molecule has 1 heterocycles. The molecule has 0 aliphatic carbocycles. The highest BCUT2D eigenvalue weighted by Gasteiger charge is 2.43. The third kappa shape index (κ3) is 4.57. The van der Waals surface area contributed by atoms with E-state index < -0.39 is 17.1 Å². The van der Waals surface area contributed by atoms with Crippen molar-refractivity contribution >= 4 is 29.3 Å². The first kappa shape index (κ1) is 21.2. The Morgan fingerprint density at radius 1 is 1.10 bits per heavy atom. The Kier molecular flexibility index (Phi) is 6.82. The number of thioether (sulfide) groups is 1. The molecule has 0 radical (unpaired) electrons. The first-order valence-corrected chi connectivity index (χ1v) is 10.3. The van der Waals surface area contributed by atoms with Gasteiger partial charge in [0.05, 0.1) is 25.2 Å². The van der Waals surface area contributed by atoms with E-state index in [-0.39, 0.29) is 5.91 Å². The van der Waals surface area contributed by atoms with Crippen molar-refractivity contribution in [2.75, 3.05) is 46.3 Å². The number of nitrogens with zero attached hydrogens (tertiary/aromatic N) is 2. The molecule has 3 rings (SSSR count). The minimum atomic E-state index is -0.937. The molecule has 7 heteroatoms. The molecular weight excluding hydrogens is 388 g/mol. The second kappa shape index (κ2) is 9.33. The minimum absolute atomic E-state index is 0.239. The van der Waals surface area contributed by atoms with Gasteiger partial charge in [-0.05, 0) is 43.9 Å². The van der Waals surface area contributed by atoms with E-state index in [0.717, 1.165) is 21.9 Å². The highest BCUT2D eigenvalue weighted by molar-refractivity contribution is 7.99. The Morgan fingerprint density at radius 2 is 1.79 bits per heavy atom. The lowest BCUT2D eigenvalue weighted by Crippen LogP contribution is -2.43. The van der Waals surface area contributed by atoms with E-state index in [0.29, 0.717) is 13.1 Å². The zero-order chi connectivity index (χ0) is 21.0. The summed E-state index contributed by atoms with van der Waals surface area (Å²) in [6, 6.07) is 15.3. The van der Waals surface area contributed by atoms with Gasteiger partial charge < -0.3 is 19.3 Å². The number of carbonyl (C=O) groups excluding carboxylic acids is 2. The summed E-state index contributed by atoms with van der Waals surface area (Å²) in [6.07, 6.45) is 0. The molecule has 1 aliphatic heterocycles. The molecule has 2 aromatic rings. The van der Waals surface area contributed by atoms with Crippen LogP contribution in [-0.2, 0) is 14.3 Å². The van der Waals surface area contributed by atoms with E-state index in [1.54, 1.807) is 12.0 Å². The van der Waals surface area contributed by atoms with Gasteiger partial charge in [-0.3, -0.25) is 9.59 Å². The lowest BCUT2D eigenvalue weighted by molar-refractivity contribution is -0.149. The molecule has 0 bridgehead atoms. The summed E-state index contributed by atoms with van der Waals surface area (Å²) in [6.45, 7) is 1.18. The monoisotopic (exact) mass is 414 g/mol. The van der Waals surface area contributed by atoms with Crippen molar-refractivity contribution in [3.05, 3.63) is 54.1 Å². The zero-order valence-electron chi connectivity index (χ0n) is 17.1. The van der Waals surface area contributed by atoms with Crippen LogP contribution in [0.4, 0.5) is 5.69 Å². The number of likely N-dealkylation sites (N-methyl/N-ethyl adjacent to an activating group) is 1. The van der Waals surface area contributed by atoms with E-state index in [1.807, 2.05) is 67.5 Å². The SMILES string of the molecule is COC(=O)[C@H]1C(=O)N(CCN(C)C)c2ccccc2S[C@H]1c1ccc(OC)cc1. The van der Waals surface area contributed by atoms with Crippen LogP contribution in [-0.4, -0.2) is 58.2 Å². The molecule has 0 spiro atoms. The van der Waals surface area contributed by atoms with Crippen LogP contribution < -0.4 is 9.64 Å². The molecule has 1 aliphatic rings. The normalized spacial score (nSPS) is 18.9. The van der Waals surface area contributed by atoms with Crippen molar-refractivity contribution in [2.24, 2.45) is 5.92 Å². The maximum atomic E-state index is 13.6. The van der Waals surface area contributed by atoms with Gasteiger partial charge in [-0.1, -0.05) is 24.3 Å². The average molecular weight is 415 g/mol. The van der Waals surface area contributed by atoms with Crippen molar-refractivity contribution in [3.8, 4) is 5.75 Å². The molecule has 0 N–H and O–H groups in total. The molecule has 29 heavy (non-hydrogen) atoms. The standard InChI is InChI=1S/C22H26N2O4S/c1-23(2)13-14-24-17-7-5-6-8-18(17)29-20(19(21(24)25)22(26)28-4)15-9-11-16(27-3)12-10-15/h5-12,19-20H,13-14H2,1-4H3/t19-,20+/m1/s1. The average Bonchev–Trinajstić information content (AvgIpc) is 2.85. The summed E-state index contributed by atoms with van der Waals surface area (Å²) in [4.78, 5) is 31.0. The van der Waals surface area contributed by atoms with Gasteiger partial charge in [-0.25, -0.2) is 0 Å². The number of fused-ring (bicyclic) bond motifs is 1.